The van der Waals surface area contributed by atoms with E-state index in [9.17, 15) is 22.4 Å². The van der Waals surface area contributed by atoms with Gasteiger partial charge < -0.3 is 15.2 Å². The molecular formula is C26H23F4NO4. The van der Waals surface area contributed by atoms with Gasteiger partial charge in [-0.2, -0.15) is 13.2 Å². The molecule has 0 saturated carbocycles. The van der Waals surface area contributed by atoms with Crippen molar-refractivity contribution in [3.8, 4) is 11.1 Å². The molecule has 1 aliphatic heterocycles. The molecular weight excluding hydrogens is 466 g/mol. The first-order valence-electron chi connectivity index (χ1n) is 10.8. The number of halogens is 4. The van der Waals surface area contributed by atoms with Gasteiger partial charge in [-0.3, -0.25) is 0 Å². The van der Waals surface area contributed by atoms with Crippen molar-refractivity contribution < 1.29 is 37.0 Å². The van der Waals surface area contributed by atoms with Gasteiger partial charge in [-0.15, -0.1) is 0 Å². The minimum atomic E-state index is -5.08. The van der Waals surface area contributed by atoms with Gasteiger partial charge in [0.2, 0.25) is 0 Å². The van der Waals surface area contributed by atoms with Crippen LogP contribution in [0.5, 0.6) is 0 Å². The van der Waals surface area contributed by atoms with Crippen molar-refractivity contribution in [1.82, 2.24) is 5.32 Å². The zero-order valence-corrected chi connectivity index (χ0v) is 18.5. The highest BCUT2D eigenvalue weighted by atomic mass is 19.4. The lowest BCUT2D eigenvalue weighted by molar-refractivity contribution is -0.192. The van der Waals surface area contributed by atoms with Crippen LogP contribution in [0.3, 0.4) is 0 Å². The molecule has 0 radical (unpaired) electrons. The standard InChI is InChI=1S/C24H22FNO2.C2HF3O2/c25-21-12-10-19(11-13-21)22-14-15-26-16-23(22)28-24(27)20-8-6-18(7-9-20)17-4-2-1-3-5-17;3-2(4,5)1(6)7/h1-13,22-23,26H,14-16H2;(H,6,7)/t22-,23+;/m1./s1. The van der Waals surface area contributed by atoms with Crippen LogP contribution in [0.15, 0.2) is 78.9 Å². The van der Waals surface area contributed by atoms with E-state index in [2.05, 4.69) is 5.32 Å². The van der Waals surface area contributed by atoms with Gasteiger partial charge in [0.1, 0.15) is 11.9 Å². The van der Waals surface area contributed by atoms with Crippen LogP contribution in [0, 0.1) is 5.82 Å². The van der Waals surface area contributed by atoms with Crippen molar-refractivity contribution in [3.05, 3.63) is 95.8 Å². The Balaban J connectivity index is 0.000000429. The van der Waals surface area contributed by atoms with Gasteiger partial charge in [-0.25, -0.2) is 14.0 Å². The van der Waals surface area contributed by atoms with Gasteiger partial charge in [-0.05, 0) is 53.9 Å². The molecule has 0 spiro atoms. The number of hydrogen-bond donors (Lipinski definition) is 2. The van der Waals surface area contributed by atoms with Crippen LogP contribution in [0.25, 0.3) is 11.1 Å². The van der Waals surface area contributed by atoms with Gasteiger partial charge in [0, 0.05) is 12.5 Å². The molecule has 2 atom stereocenters. The van der Waals surface area contributed by atoms with Crippen LogP contribution in [-0.4, -0.2) is 42.4 Å². The summed E-state index contributed by atoms with van der Waals surface area (Å²) in [6.07, 6.45) is -4.52. The number of carbonyl (C=O) groups is 2. The van der Waals surface area contributed by atoms with Gasteiger partial charge >= 0.3 is 18.1 Å². The van der Waals surface area contributed by atoms with E-state index in [0.29, 0.717) is 12.1 Å². The number of carboxylic acid groups (broad SMARTS) is 1. The summed E-state index contributed by atoms with van der Waals surface area (Å²) in [5, 5.41) is 10.4. The summed E-state index contributed by atoms with van der Waals surface area (Å²) in [7, 11) is 0. The second-order valence-corrected chi connectivity index (χ2v) is 7.84. The molecule has 3 aromatic carbocycles. The van der Waals surface area contributed by atoms with Crippen LogP contribution < -0.4 is 5.32 Å². The van der Waals surface area contributed by atoms with Crippen molar-refractivity contribution in [3.63, 3.8) is 0 Å². The quantitative estimate of drug-likeness (QED) is 0.378. The number of nitrogens with one attached hydrogen (secondary N) is 1. The third-order valence-corrected chi connectivity index (χ3v) is 5.45. The molecule has 0 aliphatic carbocycles. The molecule has 1 aliphatic rings. The average molecular weight is 489 g/mol. The Hall–Kier alpha value is -3.72. The van der Waals surface area contributed by atoms with Crippen LogP contribution in [0.2, 0.25) is 0 Å². The second kappa shape index (κ2) is 11.6. The first kappa shape index (κ1) is 25.9. The minimum Gasteiger partial charge on any atom is -0.475 e. The van der Waals surface area contributed by atoms with Gasteiger partial charge in [0.15, 0.2) is 0 Å². The fraction of sp³-hybridized carbons (Fsp3) is 0.231. The Morgan fingerprint density at radius 2 is 1.46 bits per heavy atom. The molecule has 1 saturated heterocycles. The normalized spacial score (nSPS) is 17.6. The van der Waals surface area contributed by atoms with Crippen LogP contribution in [0.4, 0.5) is 17.6 Å². The molecule has 0 unspecified atom stereocenters. The number of esters is 1. The van der Waals surface area contributed by atoms with E-state index in [1.807, 2.05) is 42.5 Å². The highest BCUT2D eigenvalue weighted by Crippen LogP contribution is 2.29. The van der Waals surface area contributed by atoms with Gasteiger partial charge in [-0.1, -0.05) is 54.6 Å². The number of rotatable bonds is 4. The zero-order valence-electron chi connectivity index (χ0n) is 18.5. The molecule has 35 heavy (non-hydrogen) atoms. The molecule has 0 aromatic heterocycles. The lowest BCUT2D eigenvalue weighted by Gasteiger charge is -2.32. The number of ether oxygens (including phenoxy) is 1. The van der Waals surface area contributed by atoms with E-state index >= 15 is 0 Å². The third kappa shape index (κ3) is 7.38. The van der Waals surface area contributed by atoms with Crippen LogP contribution >= 0.6 is 0 Å². The van der Waals surface area contributed by atoms with E-state index in [1.165, 1.54) is 12.1 Å². The predicted octanol–water partition coefficient (Wildman–Crippen LogP) is 5.43. The SMILES string of the molecule is O=C(O)C(F)(F)F.O=C(O[C@H]1CNCC[C@@H]1c1ccc(F)cc1)c1ccc(-c2ccccc2)cc1. The Kier molecular flexibility index (Phi) is 8.59. The third-order valence-electron chi connectivity index (χ3n) is 5.45. The average Bonchev–Trinajstić information content (AvgIpc) is 2.85. The first-order valence-corrected chi connectivity index (χ1v) is 10.8. The smallest absolute Gasteiger partial charge is 0.475 e. The summed E-state index contributed by atoms with van der Waals surface area (Å²) in [5.41, 5.74) is 3.69. The number of carboxylic acids is 1. The van der Waals surface area contributed by atoms with E-state index in [1.54, 1.807) is 24.3 Å². The van der Waals surface area contributed by atoms with Crippen LogP contribution in [-0.2, 0) is 9.53 Å². The molecule has 0 amide bonds. The summed E-state index contributed by atoms with van der Waals surface area (Å²) >= 11 is 0. The van der Waals surface area contributed by atoms with E-state index in [4.69, 9.17) is 14.6 Å². The number of benzene rings is 3. The Labute approximate surface area is 199 Å². The van der Waals surface area contributed by atoms with E-state index < -0.39 is 12.1 Å². The van der Waals surface area contributed by atoms with E-state index in [0.717, 1.165) is 29.7 Å². The number of piperidine rings is 1. The summed E-state index contributed by atoms with van der Waals surface area (Å²) < 4.78 is 50.8. The molecule has 184 valence electrons. The summed E-state index contributed by atoms with van der Waals surface area (Å²) in [6.45, 7) is 1.44. The Bertz CT molecular complexity index is 1120. The van der Waals surface area contributed by atoms with Crippen molar-refractivity contribution in [2.24, 2.45) is 0 Å². The number of hydrogen-bond acceptors (Lipinski definition) is 4. The number of aliphatic carboxylic acids is 1. The van der Waals surface area contributed by atoms with Crippen molar-refractivity contribution in [1.29, 1.82) is 0 Å². The maximum atomic E-state index is 13.2. The summed E-state index contributed by atoms with van der Waals surface area (Å²) in [6, 6.07) is 24.0. The molecule has 1 heterocycles. The van der Waals surface area contributed by atoms with Gasteiger partial charge in [0.25, 0.3) is 0 Å². The van der Waals surface area contributed by atoms with Crippen LogP contribution in [0.1, 0.15) is 28.3 Å². The Morgan fingerprint density at radius 1 is 0.886 bits per heavy atom. The lowest BCUT2D eigenvalue weighted by atomic mass is 9.87. The summed E-state index contributed by atoms with van der Waals surface area (Å²) in [4.78, 5) is 21.6. The Morgan fingerprint density at radius 3 is 2.03 bits per heavy atom. The van der Waals surface area contributed by atoms with Gasteiger partial charge in [0.05, 0.1) is 5.56 Å². The number of alkyl halides is 3. The maximum absolute atomic E-state index is 13.2. The molecule has 0 bridgehead atoms. The second-order valence-electron chi connectivity index (χ2n) is 7.84. The van der Waals surface area contributed by atoms with Crippen molar-refractivity contribution >= 4 is 11.9 Å². The fourth-order valence-corrected chi connectivity index (χ4v) is 3.68. The molecule has 1 fully saturated rings. The molecule has 9 heteroatoms. The highest BCUT2D eigenvalue weighted by Gasteiger charge is 2.38. The first-order chi connectivity index (χ1) is 16.6. The minimum absolute atomic E-state index is 0.0643. The number of carbonyl (C=O) groups excluding carboxylic acids is 1. The molecule has 3 aromatic rings. The monoisotopic (exact) mass is 489 g/mol. The summed E-state index contributed by atoms with van der Waals surface area (Å²) in [5.74, 6) is -3.29. The molecule has 4 rings (SSSR count). The fourth-order valence-electron chi connectivity index (χ4n) is 3.68. The van der Waals surface area contributed by atoms with Crippen molar-refractivity contribution in [2.75, 3.05) is 13.1 Å². The zero-order chi connectivity index (χ0) is 25.4. The molecule has 2 N–H and O–H groups in total. The predicted molar refractivity (Wildman–Crippen MR) is 121 cm³/mol. The largest absolute Gasteiger partial charge is 0.490 e. The topological polar surface area (TPSA) is 75.6 Å². The van der Waals surface area contributed by atoms with Crippen molar-refractivity contribution in [2.45, 2.75) is 24.6 Å². The maximum Gasteiger partial charge on any atom is 0.490 e. The van der Waals surface area contributed by atoms with E-state index in [-0.39, 0.29) is 23.8 Å². The highest BCUT2D eigenvalue weighted by molar-refractivity contribution is 5.90. The molecule has 5 nitrogen and oxygen atoms in total. The lowest BCUT2D eigenvalue weighted by Crippen LogP contribution is -2.42.